The third kappa shape index (κ3) is 5.38. The summed E-state index contributed by atoms with van der Waals surface area (Å²) in [4.78, 5) is 23.0. The number of halogens is 1. The van der Waals surface area contributed by atoms with Gasteiger partial charge in [0.2, 0.25) is 12.0 Å². The van der Waals surface area contributed by atoms with Gasteiger partial charge in [0.1, 0.15) is 11.6 Å². The summed E-state index contributed by atoms with van der Waals surface area (Å²) in [6.45, 7) is -0.182. The molecule has 7 nitrogen and oxygen atoms in total. The molecular weight excluding hydrogens is 317 g/mol. The van der Waals surface area contributed by atoms with Gasteiger partial charge in [-0.25, -0.2) is 9.18 Å². The summed E-state index contributed by atoms with van der Waals surface area (Å²) < 4.78 is 19.7. The van der Waals surface area contributed by atoms with E-state index in [-0.39, 0.29) is 24.6 Å². The van der Waals surface area contributed by atoms with Crippen LogP contribution in [0, 0.1) is 5.82 Å². The third-order valence-corrected chi connectivity index (χ3v) is 3.25. The molecule has 2 rings (SSSR count). The lowest BCUT2D eigenvalue weighted by atomic mass is 10.2. The maximum atomic E-state index is 12.8. The monoisotopic (exact) mass is 335 g/mol. The van der Waals surface area contributed by atoms with Gasteiger partial charge in [-0.1, -0.05) is 0 Å². The van der Waals surface area contributed by atoms with Gasteiger partial charge in [-0.3, -0.25) is 9.48 Å². The first-order valence-corrected chi connectivity index (χ1v) is 7.33. The summed E-state index contributed by atoms with van der Waals surface area (Å²) in [7, 11) is 1.79. The van der Waals surface area contributed by atoms with Crippen LogP contribution in [0.4, 0.5) is 4.39 Å². The minimum absolute atomic E-state index is 0.182. The molecule has 1 aromatic heterocycles. The van der Waals surface area contributed by atoms with Gasteiger partial charge in [0.25, 0.3) is 0 Å². The summed E-state index contributed by atoms with van der Waals surface area (Å²) in [5, 5.41) is 15.7. The molecule has 8 heteroatoms. The molecule has 128 valence electrons. The average Bonchev–Trinajstić information content (AvgIpc) is 2.96. The number of carboxylic acid groups (broad SMARTS) is 1. The quantitative estimate of drug-likeness (QED) is 0.754. The van der Waals surface area contributed by atoms with Crippen molar-refractivity contribution in [1.82, 2.24) is 15.1 Å². The second-order valence-electron chi connectivity index (χ2n) is 5.22. The Labute approximate surface area is 138 Å². The Balaban J connectivity index is 1.81. The van der Waals surface area contributed by atoms with Gasteiger partial charge in [-0.05, 0) is 36.2 Å². The summed E-state index contributed by atoms with van der Waals surface area (Å²) in [6, 6.07) is 4.99. The van der Waals surface area contributed by atoms with Crippen LogP contribution < -0.4 is 10.1 Å². The predicted octanol–water partition coefficient (Wildman–Crippen LogP) is 1.14. The highest BCUT2D eigenvalue weighted by Crippen LogP contribution is 2.13. The van der Waals surface area contributed by atoms with Crippen molar-refractivity contribution in [2.24, 2.45) is 7.05 Å². The number of aryl methyl sites for hydroxylation is 2. The van der Waals surface area contributed by atoms with Gasteiger partial charge in [0.15, 0.2) is 0 Å². The van der Waals surface area contributed by atoms with Crippen molar-refractivity contribution in [2.45, 2.75) is 18.9 Å². The second-order valence-corrected chi connectivity index (χ2v) is 5.22. The lowest BCUT2D eigenvalue weighted by molar-refractivity contribution is -0.145. The van der Waals surface area contributed by atoms with E-state index >= 15 is 0 Å². The smallest absolute Gasteiger partial charge is 0.346 e. The lowest BCUT2D eigenvalue weighted by Crippen LogP contribution is -2.40. The standard InChI is InChI=1S/C16H18FN3O4/c1-20-10-11(8-19-20)2-7-15(21)18-9-14(16(22)23)24-13-5-3-12(17)4-6-13/h3-6,8,10,14H,2,7,9H2,1H3,(H,18,21)(H,22,23). The number of hydrogen-bond acceptors (Lipinski definition) is 4. The molecule has 0 fully saturated rings. The number of nitrogens with one attached hydrogen (secondary N) is 1. The Hall–Kier alpha value is -2.90. The van der Waals surface area contributed by atoms with Crippen LogP contribution in [0.15, 0.2) is 36.7 Å². The molecule has 0 spiro atoms. The van der Waals surface area contributed by atoms with Crippen LogP contribution in [0.25, 0.3) is 0 Å². The fourth-order valence-electron chi connectivity index (χ4n) is 2.01. The van der Waals surface area contributed by atoms with Crippen molar-refractivity contribution in [1.29, 1.82) is 0 Å². The molecular formula is C16H18FN3O4. The molecule has 0 bridgehead atoms. The van der Waals surface area contributed by atoms with Gasteiger partial charge in [-0.15, -0.1) is 0 Å². The number of hydrogen-bond donors (Lipinski definition) is 2. The normalized spacial score (nSPS) is 11.8. The number of aliphatic carboxylic acids is 1. The van der Waals surface area contributed by atoms with E-state index in [0.717, 1.165) is 5.56 Å². The summed E-state index contributed by atoms with van der Waals surface area (Å²) in [5.41, 5.74) is 0.921. The van der Waals surface area contributed by atoms with Gasteiger partial charge in [0, 0.05) is 19.7 Å². The number of carboxylic acids is 1. The fourth-order valence-corrected chi connectivity index (χ4v) is 2.01. The zero-order valence-electron chi connectivity index (χ0n) is 13.1. The second kappa shape index (κ2) is 8.09. The SMILES string of the molecule is Cn1cc(CCC(=O)NCC(Oc2ccc(F)cc2)C(=O)O)cn1. The van der Waals surface area contributed by atoms with E-state index in [9.17, 15) is 14.0 Å². The molecule has 0 saturated heterocycles. The van der Waals surface area contributed by atoms with Crippen molar-refractivity contribution < 1.29 is 23.8 Å². The fraction of sp³-hybridized carbons (Fsp3) is 0.312. The summed E-state index contributed by atoms with van der Waals surface area (Å²) in [5.74, 6) is -1.73. The first-order valence-electron chi connectivity index (χ1n) is 7.33. The number of carbonyl (C=O) groups excluding carboxylic acids is 1. The Morgan fingerprint density at radius 2 is 2.08 bits per heavy atom. The molecule has 0 aliphatic carbocycles. The van der Waals surface area contributed by atoms with Gasteiger partial charge < -0.3 is 15.2 Å². The van der Waals surface area contributed by atoms with Gasteiger partial charge >= 0.3 is 5.97 Å². The highest BCUT2D eigenvalue weighted by molar-refractivity contribution is 5.78. The molecule has 1 unspecified atom stereocenters. The van der Waals surface area contributed by atoms with Crippen LogP contribution >= 0.6 is 0 Å². The first-order chi connectivity index (χ1) is 11.4. The number of nitrogens with zero attached hydrogens (tertiary/aromatic N) is 2. The Morgan fingerprint density at radius 1 is 1.38 bits per heavy atom. The number of benzene rings is 1. The first kappa shape index (κ1) is 17.5. The number of rotatable bonds is 8. The molecule has 1 heterocycles. The van der Waals surface area contributed by atoms with Crippen molar-refractivity contribution in [3.8, 4) is 5.75 Å². The molecule has 0 saturated carbocycles. The van der Waals surface area contributed by atoms with Crippen LogP contribution in [-0.2, 0) is 23.1 Å². The third-order valence-electron chi connectivity index (χ3n) is 3.25. The lowest BCUT2D eigenvalue weighted by Gasteiger charge is -2.15. The molecule has 1 aromatic carbocycles. The number of amides is 1. The van der Waals surface area contributed by atoms with Crippen molar-refractivity contribution in [3.63, 3.8) is 0 Å². The Morgan fingerprint density at radius 3 is 2.67 bits per heavy atom. The van der Waals surface area contributed by atoms with E-state index in [1.807, 2.05) is 6.20 Å². The van der Waals surface area contributed by atoms with Crippen molar-refractivity contribution in [3.05, 3.63) is 48.0 Å². The number of aromatic nitrogens is 2. The van der Waals surface area contributed by atoms with Crippen LogP contribution in [0.2, 0.25) is 0 Å². The Bertz CT molecular complexity index is 700. The Kier molecular flexibility index (Phi) is 5.89. The van der Waals surface area contributed by atoms with E-state index < -0.39 is 17.9 Å². The highest BCUT2D eigenvalue weighted by atomic mass is 19.1. The van der Waals surface area contributed by atoms with E-state index in [0.29, 0.717) is 6.42 Å². The van der Waals surface area contributed by atoms with Gasteiger partial charge in [-0.2, -0.15) is 5.10 Å². The topological polar surface area (TPSA) is 93.5 Å². The molecule has 24 heavy (non-hydrogen) atoms. The maximum absolute atomic E-state index is 12.8. The van der Waals surface area contributed by atoms with Crippen LogP contribution in [-0.4, -0.2) is 39.4 Å². The maximum Gasteiger partial charge on any atom is 0.346 e. The molecule has 1 atom stereocenters. The van der Waals surface area contributed by atoms with Crippen LogP contribution in [0.1, 0.15) is 12.0 Å². The van der Waals surface area contributed by atoms with E-state index in [1.54, 1.807) is 17.9 Å². The van der Waals surface area contributed by atoms with Crippen LogP contribution in [0.5, 0.6) is 5.75 Å². The number of carbonyl (C=O) groups is 2. The van der Waals surface area contributed by atoms with Crippen LogP contribution in [0.3, 0.4) is 0 Å². The minimum atomic E-state index is -1.25. The molecule has 0 aliphatic heterocycles. The van der Waals surface area contributed by atoms with E-state index in [4.69, 9.17) is 9.84 Å². The summed E-state index contributed by atoms with van der Waals surface area (Å²) >= 11 is 0. The number of ether oxygens (including phenoxy) is 1. The zero-order chi connectivity index (χ0) is 17.5. The van der Waals surface area contributed by atoms with Crippen molar-refractivity contribution >= 4 is 11.9 Å². The molecule has 0 aliphatic rings. The highest BCUT2D eigenvalue weighted by Gasteiger charge is 2.20. The summed E-state index contributed by atoms with van der Waals surface area (Å²) in [6.07, 6.45) is 2.96. The largest absolute Gasteiger partial charge is 0.478 e. The molecule has 2 aromatic rings. The van der Waals surface area contributed by atoms with E-state index in [1.165, 1.54) is 24.3 Å². The van der Waals surface area contributed by atoms with E-state index in [2.05, 4.69) is 10.4 Å². The van der Waals surface area contributed by atoms with Crippen molar-refractivity contribution in [2.75, 3.05) is 6.54 Å². The molecule has 1 amide bonds. The predicted molar refractivity (Wildman–Crippen MR) is 83.0 cm³/mol. The zero-order valence-corrected chi connectivity index (χ0v) is 13.1. The molecule has 2 N–H and O–H groups in total. The minimum Gasteiger partial charge on any atom is -0.478 e. The average molecular weight is 335 g/mol. The molecule has 0 radical (unpaired) electrons. The van der Waals surface area contributed by atoms with Gasteiger partial charge in [0.05, 0.1) is 12.7 Å².